The Kier molecular flexibility index (Phi) is 3.86. The number of aromatic nitrogens is 3. The topological polar surface area (TPSA) is 82.5 Å². The fraction of sp³-hybridized carbons (Fsp3) is 0.333. The van der Waals surface area contributed by atoms with E-state index in [0.717, 1.165) is 32.0 Å². The van der Waals surface area contributed by atoms with E-state index in [2.05, 4.69) is 31.9 Å². The number of rotatable bonds is 3. The largest absolute Gasteiger partial charge is 0.476 e. The van der Waals surface area contributed by atoms with Gasteiger partial charge in [-0.15, -0.1) is 10.2 Å². The molecule has 0 amide bonds. The average molecular weight is 299 g/mol. The van der Waals surface area contributed by atoms with Crippen LogP contribution in [-0.4, -0.2) is 52.4 Å². The predicted molar refractivity (Wildman–Crippen MR) is 82.4 cm³/mol. The Bertz CT molecular complexity index is 666. The van der Waals surface area contributed by atoms with Gasteiger partial charge in [-0.1, -0.05) is 0 Å². The highest BCUT2D eigenvalue weighted by molar-refractivity contribution is 5.85. The van der Waals surface area contributed by atoms with Crippen LogP contribution in [0.2, 0.25) is 0 Å². The van der Waals surface area contributed by atoms with E-state index >= 15 is 0 Å². The lowest BCUT2D eigenvalue weighted by molar-refractivity contribution is 0.0689. The van der Waals surface area contributed by atoms with Crippen molar-refractivity contribution >= 4 is 17.5 Å². The summed E-state index contributed by atoms with van der Waals surface area (Å²) in [6.45, 7) is 5.47. The number of aromatic carboxylic acids is 1. The third kappa shape index (κ3) is 2.83. The molecule has 0 aromatic carbocycles. The summed E-state index contributed by atoms with van der Waals surface area (Å²) < 4.78 is 0. The SMILES string of the molecule is Cc1cnccc1N1CCN(c2ccc(C(=O)O)nn2)CC1. The van der Waals surface area contributed by atoms with Crippen LogP contribution in [0.3, 0.4) is 0 Å². The minimum Gasteiger partial charge on any atom is -0.476 e. The zero-order chi connectivity index (χ0) is 15.5. The fourth-order valence-electron chi connectivity index (χ4n) is 2.61. The van der Waals surface area contributed by atoms with E-state index in [9.17, 15) is 4.79 Å². The van der Waals surface area contributed by atoms with Gasteiger partial charge in [-0.3, -0.25) is 4.98 Å². The third-order valence-corrected chi connectivity index (χ3v) is 3.80. The molecule has 0 aliphatic carbocycles. The molecule has 2 aromatic rings. The number of hydrogen-bond donors (Lipinski definition) is 1. The number of nitrogens with zero attached hydrogens (tertiary/aromatic N) is 5. The molecule has 0 saturated carbocycles. The number of hydrogen-bond acceptors (Lipinski definition) is 6. The number of carboxylic acids is 1. The molecule has 1 fully saturated rings. The van der Waals surface area contributed by atoms with Gasteiger partial charge in [0.05, 0.1) is 0 Å². The van der Waals surface area contributed by atoms with Crippen LogP contribution in [0.5, 0.6) is 0 Å². The van der Waals surface area contributed by atoms with Crippen LogP contribution in [-0.2, 0) is 0 Å². The minimum atomic E-state index is -1.06. The van der Waals surface area contributed by atoms with Crippen molar-refractivity contribution in [1.29, 1.82) is 0 Å². The summed E-state index contributed by atoms with van der Waals surface area (Å²) in [4.78, 5) is 19.4. The smallest absolute Gasteiger partial charge is 0.356 e. The van der Waals surface area contributed by atoms with E-state index in [1.165, 1.54) is 17.3 Å². The fourth-order valence-corrected chi connectivity index (χ4v) is 2.61. The lowest BCUT2D eigenvalue weighted by Gasteiger charge is -2.37. The summed E-state index contributed by atoms with van der Waals surface area (Å²) in [5.41, 5.74) is 2.35. The molecule has 7 nitrogen and oxygen atoms in total. The lowest BCUT2D eigenvalue weighted by Crippen LogP contribution is -2.47. The van der Waals surface area contributed by atoms with E-state index in [-0.39, 0.29) is 5.69 Å². The zero-order valence-electron chi connectivity index (χ0n) is 12.3. The van der Waals surface area contributed by atoms with Gasteiger partial charge in [0.2, 0.25) is 0 Å². The van der Waals surface area contributed by atoms with Crippen LogP contribution in [0.4, 0.5) is 11.5 Å². The maximum absolute atomic E-state index is 10.8. The van der Waals surface area contributed by atoms with Gasteiger partial charge < -0.3 is 14.9 Å². The number of aryl methyl sites for hydroxylation is 1. The minimum absolute atomic E-state index is 0.0326. The van der Waals surface area contributed by atoms with Crippen molar-refractivity contribution in [2.75, 3.05) is 36.0 Å². The van der Waals surface area contributed by atoms with E-state index in [1.54, 1.807) is 6.07 Å². The average Bonchev–Trinajstić information content (AvgIpc) is 2.56. The highest BCUT2D eigenvalue weighted by atomic mass is 16.4. The van der Waals surface area contributed by atoms with Gasteiger partial charge in [-0.2, -0.15) is 0 Å². The number of piperazine rings is 1. The summed E-state index contributed by atoms with van der Waals surface area (Å²) in [5.74, 6) is -0.340. The Morgan fingerprint density at radius 3 is 2.41 bits per heavy atom. The molecule has 22 heavy (non-hydrogen) atoms. The van der Waals surface area contributed by atoms with Crippen molar-refractivity contribution < 1.29 is 9.90 Å². The predicted octanol–water partition coefficient (Wildman–Crippen LogP) is 1.20. The Morgan fingerprint density at radius 1 is 1.09 bits per heavy atom. The molecule has 2 aromatic heterocycles. The summed E-state index contributed by atoms with van der Waals surface area (Å²) in [6.07, 6.45) is 3.68. The van der Waals surface area contributed by atoms with Crippen molar-refractivity contribution in [1.82, 2.24) is 15.2 Å². The maximum atomic E-state index is 10.8. The van der Waals surface area contributed by atoms with Crippen molar-refractivity contribution in [2.45, 2.75) is 6.92 Å². The monoisotopic (exact) mass is 299 g/mol. The van der Waals surface area contributed by atoms with Crippen LogP contribution < -0.4 is 9.80 Å². The van der Waals surface area contributed by atoms with Gasteiger partial charge >= 0.3 is 5.97 Å². The summed E-state index contributed by atoms with van der Waals surface area (Å²) >= 11 is 0. The second-order valence-corrected chi connectivity index (χ2v) is 5.22. The molecule has 0 spiro atoms. The van der Waals surface area contributed by atoms with Crippen molar-refractivity contribution in [2.24, 2.45) is 0 Å². The van der Waals surface area contributed by atoms with Gasteiger partial charge in [0.15, 0.2) is 11.5 Å². The van der Waals surface area contributed by atoms with Crippen molar-refractivity contribution in [3.63, 3.8) is 0 Å². The molecule has 114 valence electrons. The van der Waals surface area contributed by atoms with E-state index in [0.29, 0.717) is 0 Å². The zero-order valence-corrected chi connectivity index (χ0v) is 12.3. The molecular weight excluding hydrogens is 282 g/mol. The first-order valence-electron chi connectivity index (χ1n) is 7.12. The van der Waals surface area contributed by atoms with Crippen LogP contribution in [0.1, 0.15) is 16.1 Å². The first-order valence-corrected chi connectivity index (χ1v) is 7.12. The lowest BCUT2D eigenvalue weighted by atomic mass is 10.2. The summed E-state index contributed by atoms with van der Waals surface area (Å²) in [7, 11) is 0. The van der Waals surface area contributed by atoms with Gasteiger partial charge in [0.1, 0.15) is 0 Å². The van der Waals surface area contributed by atoms with E-state index < -0.39 is 5.97 Å². The Morgan fingerprint density at radius 2 is 1.82 bits per heavy atom. The quantitative estimate of drug-likeness (QED) is 0.912. The molecule has 1 saturated heterocycles. The number of pyridine rings is 1. The van der Waals surface area contributed by atoms with Gasteiger partial charge in [0, 0.05) is 44.3 Å². The standard InChI is InChI=1S/C15H17N5O2/c1-11-10-16-5-4-13(11)19-6-8-20(9-7-19)14-3-2-12(15(21)22)17-18-14/h2-5,10H,6-9H2,1H3,(H,21,22). The van der Waals surface area contributed by atoms with E-state index in [4.69, 9.17) is 5.11 Å². The number of carboxylic acid groups (broad SMARTS) is 1. The van der Waals surface area contributed by atoms with Gasteiger partial charge in [-0.25, -0.2) is 4.79 Å². The third-order valence-electron chi connectivity index (χ3n) is 3.80. The normalized spacial score (nSPS) is 15.0. The first-order chi connectivity index (χ1) is 10.6. The second kappa shape index (κ2) is 5.97. The van der Waals surface area contributed by atoms with E-state index in [1.807, 2.05) is 18.5 Å². The highest BCUT2D eigenvalue weighted by Gasteiger charge is 2.20. The number of anilines is 2. The number of carbonyl (C=O) groups is 1. The Hall–Kier alpha value is -2.70. The molecular formula is C15H17N5O2. The Labute approximate surface area is 128 Å². The molecule has 7 heteroatoms. The van der Waals surface area contributed by atoms with Crippen molar-refractivity contribution in [3.8, 4) is 0 Å². The highest BCUT2D eigenvalue weighted by Crippen LogP contribution is 2.21. The Balaban J connectivity index is 1.66. The van der Waals surface area contributed by atoms with Crippen molar-refractivity contribution in [3.05, 3.63) is 41.9 Å². The molecule has 0 atom stereocenters. The van der Waals surface area contributed by atoms with Gasteiger partial charge in [-0.05, 0) is 30.7 Å². The van der Waals surface area contributed by atoms with Crippen LogP contribution >= 0.6 is 0 Å². The van der Waals surface area contributed by atoms with Gasteiger partial charge in [0.25, 0.3) is 0 Å². The molecule has 1 aliphatic heterocycles. The first kappa shape index (κ1) is 14.2. The maximum Gasteiger partial charge on any atom is 0.356 e. The molecule has 1 aliphatic rings. The second-order valence-electron chi connectivity index (χ2n) is 5.22. The molecule has 0 bridgehead atoms. The van der Waals surface area contributed by atoms with Crippen LogP contribution in [0, 0.1) is 6.92 Å². The molecule has 3 heterocycles. The molecule has 1 N–H and O–H groups in total. The van der Waals surface area contributed by atoms with Crippen LogP contribution in [0.25, 0.3) is 0 Å². The molecule has 0 unspecified atom stereocenters. The summed E-state index contributed by atoms with van der Waals surface area (Å²) in [6, 6.07) is 5.24. The summed E-state index contributed by atoms with van der Waals surface area (Å²) in [5, 5.41) is 16.6. The molecule has 3 rings (SSSR count). The van der Waals surface area contributed by atoms with Crippen LogP contribution in [0.15, 0.2) is 30.6 Å². The molecule has 0 radical (unpaired) electrons.